The Morgan fingerprint density at radius 1 is 1.58 bits per heavy atom. The molecule has 0 N–H and O–H groups in total. The lowest BCUT2D eigenvalue weighted by Crippen LogP contribution is -2.13. The maximum absolute atomic E-state index is 2.44. The van der Waals surface area contributed by atoms with Gasteiger partial charge in [0.2, 0.25) is 0 Å². The van der Waals surface area contributed by atoms with E-state index in [9.17, 15) is 0 Å². The van der Waals surface area contributed by atoms with Gasteiger partial charge < -0.3 is 0 Å². The largest absolute Gasteiger partial charge is 0.0853 e. The Hall–Kier alpha value is -0.260. The summed E-state index contributed by atoms with van der Waals surface area (Å²) in [6.45, 7) is 6.98. The predicted octanol–water partition coefficient (Wildman–Crippen LogP) is 4.17. The molecule has 0 aromatic carbocycles. The molecule has 1 aliphatic carbocycles. The third-order valence-corrected chi connectivity index (χ3v) is 3.23. The zero-order valence-corrected chi connectivity index (χ0v) is 8.77. The first-order valence-corrected chi connectivity index (χ1v) is 5.39. The summed E-state index contributed by atoms with van der Waals surface area (Å²) in [5.74, 6) is 1.92. The first kappa shape index (κ1) is 9.83. The predicted molar refractivity (Wildman–Crippen MR) is 55.2 cm³/mol. The van der Waals surface area contributed by atoms with Crippen LogP contribution in [0.3, 0.4) is 0 Å². The summed E-state index contributed by atoms with van der Waals surface area (Å²) in [5, 5.41) is 0. The highest BCUT2D eigenvalue weighted by atomic mass is 14.2. The van der Waals surface area contributed by atoms with Crippen LogP contribution in [-0.2, 0) is 0 Å². The van der Waals surface area contributed by atoms with Gasteiger partial charge in [0, 0.05) is 0 Å². The first-order chi connectivity index (χ1) is 5.74. The summed E-state index contributed by atoms with van der Waals surface area (Å²) in [6.07, 6.45) is 9.33. The Morgan fingerprint density at radius 3 is 2.83 bits per heavy atom. The minimum Gasteiger partial charge on any atom is -0.0853 e. The number of hydrogen-bond donors (Lipinski definition) is 0. The molecule has 0 nitrogen and oxygen atoms in total. The molecule has 1 rings (SSSR count). The minimum absolute atomic E-state index is 0.944. The SMILES string of the molecule is CCCC(C)C1CC=C(C)CC1. The van der Waals surface area contributed by atoms with Gasteiger partial charge in [0.25, 0.3) is 0 Å². The van der Waals surface area contributed by atoms with Crippen molar-refractivity contribution < 1.29 is 0 Å². The van der Waals surface area contributed by atoms with Crippen molar-refractivity contribution >= 4 is 0 Å². The van der Waals surface area contributed by atoms with Crippen molar-refractivity contribution in [2.45, 2.75) is 52.9 Å². The topological polar surface area (TPSA) is 0 Å². The van der Waals surface area contributed by atoms with Crippen molar-refractivity contribution in [3.8, 4) is 0 Å². The molecule has 0 aliphatic heterocycles. The lowest BCUT2D eigenvalue weighted by Gasteiger charge is -2.26. The second kappa shape index (κ2) is 4.69. The smallest absolute Gasteiger partial charge is 0.0317 e. The van der Waals surface area contributed by atoms with Gasteiger partial charge in [-0.15, -0.1) is 0 Å². The fraction of sp³-hybridized carbons (Fsp3) is 0.833. The molecule has 0 saturated heterocycles. The maximum atomic E-state index is 2.44. The summed E-state index contributed by atoms with van der Waals surface area (Å²) in [4.78, 5) is 0. The van der Waals surface area contributed by atoms with E-state index in [4.69, 9.17) is 0 Å². The normalized spacial score (nSPS) is 26.6. The highest BCUT2D eigenvalue weighted by Crippen LogP contribution is 2.31. The van der Waals surface area contributed by atoms with E-state index in [0.717, 1.165) is 11.8 Å². The van der Waals surface area contributed by atoms with E-state index >= 15 is 0 Å². The third-order valence-electron chi connectivity index (χ3n) is 3.23. The van der Waals surface area contributed by atoms with E-state index in [2.05, 4.69) is 26.8 Å². The van der Waals surface area contributed by atoms with Crippen molar-refractivity contribution in [2.24, 2.45) is 11.8 Å². The Balaban J connectivity index is 2.34. The van der Waals surface area contributed by atoms with E-state index in [1.54, 1.807) is 5.57 Å². The van der Waals surface area contributed by atoms with Crippen molar-refractivity contribution in [3.63, 3.8) is 0 Å². The van der Waals surface area contributed by atoms with Crippen molar-refractivity contribution in [2.75, 3.05) is 0 Å². The molecule has 0 aromatic rings. The molecule has 0 amide bonds. The summed E-state index contributed by atoms with van der Waals surface area (Å²) in [6, 6.07) is 0. The van der Waals surface area contributed by atoms with Crippen LogP contribution in [0.15, 0.2) is 11.6 Å². The number of allylic oxidation sites excluding steroid dienone is 2. The van der Waals surface area contributed by atoms with E-state index in [0.29, 0.717) is 0 Å². The van der Waals surface area contributed by atoms with Gasteiger partial charge in [0.15, 0.2) is 0 Å². The molecule has 0 heteroatoms. The fourth-order valence-corrected chi connectivity index (χ4v) is 2.19. The average Bonchev–Trinajstić information content (AvgIpc) is 2.06. The molecule has 0 spiro atoms. The van der Waals surface area contributed by atoms with Crippen LogP contribution in [0.4, 0.5) is 0 Å². The standard InChI is InChI=1S/C12H22/c1-4-5-11(3)12-8-6-10(2)7-9-12/h6,11-12H,4-5,7-9H2,1-3H3. The van der Waals surface area contributed by atoms with E-state index < -0.39 is 0 Å². The van der Waals surface area contributed by atoms with Crippen LogP contribution in [-0.4, -0.2) is 0 Å². The molecule has 0 saturated carbocycles. The van der Waals surface area contributed by atoms with Gasteiger partial charge in [0.05, 0.1) is 0 Å². The minimum atomic E-state index is 0.944. The van der Waals surface area contributed by atoms with Crippen LogP contribution in [0.25, 0.3) is 0 Å². The van der Waals surface area contributed by atoms with Crippen LogP contribution >= 0.6 is 0 Å². The number of hydrogen-bond acceptors (Lipinski definition) is 0. The van der Waals surface area contributed by atoms with Gasteiger partial charge in [-0.25, -0.2) is 0 Å². The van der Waals surface area contributed by atoms with Gasteiger partial charge in [0.1, 0.15) is 0 Å². The molecule has 0 radical (unpaired) electrons. The van der Waals surface area contributed by atoms with Crippen LogP contribution in [0, 0.1) is 11.8 Å². The Bertz CT molecular complexity index is 155. The quantitative estimate of drug-likeness (QED) is 0.552. The van der Waals surface area contributed by atoms with Gasteiger partial charge in [-0.05, 0) is 38.0 Å². The molecular formula is C12H22. The molecule has 0 bridgehead atoms. The van der Waals surface area contributed by atoms with E-state index in [1.165, 1.54) is 32.1 Å². The monoisotopic (exact) mass is 166 g/mol. The highest BCUT2D eigenvalue weighted by molar-refractivity contribution is 5.03. The van der Waals surface area contributed by atoms with Crippen LogP contribution in [0.1, 0.15) is 52.9 Å². The molecule has 0 aromatic heterocycles. The summed E-state index contributed by atoms with van der Waals surface area (Å²) in [7, 11) is 0. The second-order valence-electron chi connectivity index (χ2n) is 4.35. The zero-order valence-electron chi connectivity index (χ0n) is 8.77. The molecule has 0 fully saturated rings. The molecule has 12 heavy (non-hydrogen) atoms. The van der Waals surface area contributed by atoms with Crippen LogP contribution in [0.5, 0.6) is 0 Å². The van der Waals surface area contributed by atoms with Crippen LogP contribution < -0.4 is 0 Å². The van der Waals surface area contributed by atoms with Crippen molar-refractivity contribution in [3.05, 3.63) is 11.6 Å². The molecule has 2 unspecified atom stereocenters. The van der Waals surface area contributed by atoms with Crippen molar-refractivity contribution in [1.29, 1.82) is 0 Å². The molecular weight excluding hydrogens is 144 g/mol. The molecule has 0 heterocycles. The first-order valence-electron chi connectivity index (χ1n) is 5.39. The zero-order chi connectivity index (χ0) is 8.97. The lowest BCUT2D eigenvalue weighted by molar-refractivity contribution is 0.308. The summed E-state index contributed by atoms with van der Waals surface area (Å²) >= 11 is 0. The summed E-state index contributed by atoms with van der Waals surface area (Å²) < 4.78 is 0. The Kier molecular flexibility index (Phi) is 3.84. The number of rotatable bonds is 3. The van der Waals surface area contributed by atoms with Gasteiger partial charge in [-0.3, -0.25) is 0 Å². The Morgan fingerprint density at radius 2 is 2.33 bits per heavy atom. The maximum Gasteiger partial charge on any atom is -0.0317 e. The summed E-state index contributed by atoms with van der Waals surface area (Å²) in [5.41, 5.74) is 1.61. The van der Waals surface area contributed by atoms with E-state index in [-0.39, 0.29) is 0 Å². The molecule has 2 atom stereocenters. The highest BCUT2D eigenvalue weighted by Gasteiger charge is 2.17. The lowest BCUT2D eigenvalue weighted by atomic mass is 9.80. The average molecular weight is 166 g/mol. The molecule has 1 aliphatic rings. The second-order valence-corrected chi connectivity index (χ2v) is 4.35. The van der Waals surface area contributed by atoms with Gasteiger partial charge in [-0.1, -0.05) is 38.3 Å². The van der Waals surface area contributed by atoms with E-state index in [1.807, 2.05) is 0 Å². The van der Waals surface area contributed by atoms with Gasteiger partial charge in [-0.2, -0.15) is 0 Å². The van der Waals surface area contributed by atoms with Crippen molar-refractivity contribution in [1.82, 2.24) is 0 Å². The molecule has 70 valence electrons. The Labute approximate surface area is 77.1 Å². The van der Waals surface area contributed by atoms with Crippen LogP contribution in [0.2, 0.25) is 0 Å². The fourth-order valence-electron chi connectivity index (χ4n) is 2.19. The van der Waals surface area contributed by atoms with Gasteiger partial charge >= 0.3 is 0 Å². The third kappa shape index (κ3) is 2.66.